The number of aliphatic carboxylic acids is 2. The van der Waals surface area contributed by atoms with E-state index in [-0.39, 0.29) is 6.42 Å². The Labute approximate surface area is 105 Å². The summed E-state index contributed by atoms with van der Waals surface area (Å²) in [5, 5.41) is 17.5. The minimum Gasteiger partial charge on any atom is -0.497 e. The van der Waals surface area contributed by atoms with Crippen molar-refractivity contribution in [3.63, 3.8) is 0 Å². The molecule has 0 aliphatic rings. The summed E-state index contributed by atoms with van der Waals surface area (Å²) in [6.07, 6.45) is 0.508. The summed E-state index contributed by atoms with van der Waals surface area (Å²) in [7, 11) is 1.57. The summed E-state index contributed by atoms with van der Waals surface area (Å²) in [4.78, 5) is 21.4. The number of carboxylic acid groups (broad SMARTS) is 2. The maximum atomic E-state index is 10.9. The maximum Gasteiger partial charge on any atom is 0.307 e. The van der Waals surface area contributed by atoms with Gasteiger partial charge < -0.3 is 14.9 Å². The van der Waals surface area contributed by atoms with Gasteiger partial charge in [0, 0.05) is 0 Å². The molecular weight excluding hydrogens is 236 g/mol. The Morgan fingerprint density at radius 2 is 1.83 bits per heavy atom. The smallest absolute Gasteiger partial charge is 0.307 e. The van der Waals surface area contributed by atoms with E-state index < -0.39 is 17.9 Å². The van der Waals surface area contributed by atoms with Crippen molar-refractivity contribution in [3.8, 4) is 5.75 Å². The van der Waals surface area contributed by atoms with Crippen molar-refractivity contribution >= 4 is 11.9 Å². The third-order valence-corrected chi connectivity index (χ3v) is 2.71. The summed E-state index contributed by atoms with van der Waals surface area (Å²) in [6, 6.07) is 7.28. The zero-order valence-corrected chi connectivity index (χ0v) is 10.1. The number of benzene rings is 1. The van der Waals surface area contributed by atoms with E-state index in [9.17, 15) is 9.59 Å². The lowest BCUT2D eigenvalue weighted by atomic mass is 9.96. The van der Waals surface area contributed by atoms with Crippen molar-refractivity contribution in [2.45, 2.75) is 19.3 Å². The molecule has 0 unspecified atom stereocenters. The highest BCUT2D eigenvalue weighted by molar-refractivity contribution is 5.77. The second kappa shape index (κ2) is 6.64. The van der Waals surface area contributed by atoms with Crippen LogP contribution < -0.4 is 4.74 Å². The van der Waals surface area contributed by atoms with Crippen LogP contribution in [-0.4, -0.2) is 29.3 Å². The van der Waals surface area contributed by atoms with Crippen LogP contribution in [0.3, 0.4) is 0 Å². The molecule has 1 aromatic carbocycles. The molecule has 5 nitrogen and oxygen atoms in total. The molecule has 0 aliphatic carbocycles. The molecule has 0 fully saturated rings. The van der Waals surface area contributed by atoms with Gasteiger partial charge in [-0.15, -0.1) is 0 Å². The summed E-state index contributed by atoms with van der Waals surface area (Å²) in [5.41, 5.74) is 0.965. The van der Waals surface area contributed by atoms with Gasteiger partial charge >= 0.3 is 11.9 Å². The highest BCUT2D eigenvalue weighted by atomic mass is 16.5. The first-order valence-corrected chi connectivity index (χ1v) is 5.60. The van der Waals surface area contributed by atoms with E-state index in [4.69, 9.17) is 14.9 Å². The number of aryl methyl sites for hydroxylation is 1. The molecule has 1 aromatic rings. The number of rotatable bonds is 7. The topological polar surface area (TPSA) is 83.8 Å². The van der Waals surface area contributed by atoms with Crippen LogP contribution >= 0.6 is 0 Å². The summed E-state index contributed by atoms with van der Waals surface area (Å²) in [5.74, 6) is -2.26. The maximum absolute atomic E-state index is 10.9. The van der Waals surface area contributed by atoms with Gasteiger partial charge in [0.15, 0.2) is 0 Å². The van der Waals surface area contributed by atoms with Crippen molar-refractivity contribution in [1.29, 1.82) is 0 Å². The van der Waals surface area contributed by atoms with Gasteiger partial charge in [0.05, 0.1) is 19.4 Å². The number of carbonyl (C=O) groups is 2. The molecule has 0 saturated carbocycles. The Bertz CT molecular complexity index is 410. The first-order chi connectivity index (χ1) is 8.52. The van der Waals surface area contributed by atoms with Gasteiger partial charge in [-0.05, 0) is 30.5 Å². The first kappa shape index (κ1) is 14.0. The molecule has 0 amide bonds. The Balaban J connectivity index is 2.55. The summed E-state index contributed by atoms with van der Waals surface area (Å²) < 4.78 is 5.01. The molecule has 2 N–H and O–H groups in total. The Hall–Kier alpha value is -2.04. The van der Waals surface area contributed by atoms with Gasteiger partial charge in [0.2, 0.25) is 0 Å². The molecule has 0 heterocycles. The predicted molar refractivity (Wildman–Crippen MR) is 64.7 cm³/mol. The lowest BCUT2D eigenvalue weighted by molar-refractivity contribution is -0.148. The normalized spacial score (nSPS) is 11.8. The van der Waals surface area contributed by atoms with Crippen molar-refractivity contribution in [3.05, 3.63) is 29.8 Å². The van der Waals surface area contributed by atoms with Crippen LogP contribution in [0.1, 0.15) is 18.4 Å². The van der Waals surface area contributed by atoms with Gasteiger partial charge in [-0.1, -0.05) is 12.1 Å². The van der Waals surface area contributed by atoms with Crippen LogP contribution in [0.15, 0.2) is 24.3 Å². The molecule has 0 aliphatic heterocycles. The van der Waals surface area contributed by atoms with E-state index in [1.54, 1.807) is 19.2 Å². The third kappa shape index (κ3) is 4.45. The number of hydrogen-bond acceptors (Lipinski definition) is 3. The fourth-order valence-corrected chi connectivity index (χ4v) is 1.66. The van der Waals surface area contributed by atoms with Crippen LogP contribution in [0.5, 0.6) is 5.75 Å². The Morgan fingerprint density at radius 1 is 1.22 bits per heavy atom. The van der Waals surface area contributed by atoms with Gasteiger partial charge in [0.1, 0.15) is 5.75 Å². The zero-order chi connectivity index (χ0) is 13.5. The second-order valence-corrected chi connectivity index (χ2v) is 4.02. The van der Waals surface area contributed by atoms with E-state index in [0.717, 1.165) is 11.3 Å². The summed E-state index contributed by atoms with van der Waals surface area (Å²) in [6.45, 7) is 0. The van der Waals surface area contributed by atoms with E-state index in [0.29, 0.717) is 12.8 Å². The van der Waals surface area contributed by atoms with Crippen LogP contribution in [0.4, 0.5) is 0 Å². The molecule has 18 heavy (non-hydrogen) atoms. The molecule has 0 spiro atoms. The monoisotopic (exact) mass is 252 g/mol. The minimum absolute atomic E-state index is 0.313. The quantitative estimate of drug-likeness (QED) is 0.773. The Kier molecular flexibility index (Phi) is 5.17. The second-order valence-electron chi connectivity index (χ2n) is 4.02. The SMILES string of the molecule is COc1ccc(CC[C@H](CC(=O)O)C(=O)O)cc1. The third-order valence-electron chi connectivity index (χ3n) is 2.71. The van der Waals surface area contributed by atoms with Crippen LogP contribution in [0.25, 0.3) is 0 Å². The largest absolute Gasteiger partial charge is 0.497 e. The fraction of sp³-hybridized carbons (Fsp3) is 0.385. The first-order valence-electron chi connectivity index (χ1n) is 5.60. The van der Waals surface area contributed by atoms with Crippen LogP contribution in [0.2, 0.25) is 0 Å². The fourth-order valence-electron chi connectivity index (χ4n) is 1.66. The molecule has 98 valence electrons. The number of hydrogen-bond donors (Lipinski definition) is 2. The van der Waals surface area contributed by atoms with Crippen LogP contribution in [-0.2, 0) is 16.0 Å². The van der Waals surface area contributed by atoms with Crippen molar-refractivity contribution < 1.29 is 24.5 Å². The van der Waals surface area contributed by atoms with Crippen molar-refractivity contribution in [1.82, 2.24) is 0 Å². The lowest BCUT2D eigenvalue weighted by Gasteiger charge is -2.09. The average molecular weight is 252 g/mol. The predicted octanol–water partition coefficient (Wildman–Crippen LogP) is 1.80. The number of carboxylic acids is 2. The molecule has 1 atom stereocenters. The van der Waals surface area contributed by atoms with E-state index >= 15 is 0 Å². The molecule has 0 radical (unpaired) electrons. The van der Waals surface area contributed by atoms with Crippen LogP contribution in [0, 0.1) is 5.92 Å². The molecule has 0 bridgehead atoms. The average Bonchev–Trinajstić information content (AvgIpc) is 2.34. The standard InChI is InChI=1S/C13H16O5/c1-18-11-6-3-9(4-7-11)2-5-10(13(16)17)8-12(14)15/h3-4,6-7,10H,2,5,8H2,1H3,(H,14,15)(H,16,17)/t10-/m1/s1. The van der Waals surface area contributed by atoms with Gasteiger partial charge in [0.25, 0.3) is 0 Å². The minimum atomic E-state index is -1.09. The van der Waals surface area contributed by atoms with Gasteiger partial charge in [-0.2, -0.15) is 0 Å². The van der Waals surface area contributed by atoms with Crippen molar-refractivity contribution in [2.24, 2.45) is 5.92 Å². The van der Waals surface area contributed by atoms with E-state index in [2.05, 4.69) is 0 Å². The number of methoxy groups -OCH3 is 1. The zero-order valence-electron chi connectivity index (χ0n) is 10.1. The highest BCUT2D eigenvalue weighted by Crippen LogP contribution is 2.16. The van der Waals surface area contributed by atoms with Crippen molar-refractivity contribution in [2.75, 3.05) is 7.11 Å². The van der Waals surface area contributed by atoms with E-state index in [1.807, 2.05) is 12.1 Å². The highest BCUT2D eigenvalue weighted by Gasteiger charge is 2.20. The van der Waals surface area contributed by atoms with E-state index in [1.165, 1.54) is 0 Å². The molecule has 0 aromatic heterocycles. The number of ether oxygens (including phenoxy) is 1. The molecule has 5 heteroatoms. The molecule has 1 rings (SSSR count). The molecule has 0 saturated heterocycles. The molecular formula is C13H16O5. The van der Waals surface area contributed by atoms with Gasteiger partial charge in [-0.3, -0.25) is 9.59 Å². The van der Waals surface area contributed by atoms with Gasteiger partial charge in [-0.25, -0.2) is 0 Å². The summed E-state index contributed by atoms with van der Waals surface area (Å²) >= 11 is 0. The lowest BCUT2D eigenvalue weighted by Crippen LogP contribution is -2.18. The Morgan fingerprint density at radius 3 is 2.28 bits per heavy atom.